The number of anilines is 3. The number of rotatable bonds is 7. The van der Waals surface area contributed by atoms with E-state index in [0.717, 1.165) is 0 Å². The molecule has 0 fully saturated rings. The van der Waals surface area contributed by atoms with Crippen molar-refractivity contribution in [1.29, 1.82) is 0 Å². The quantitative estimate of drug-likeness (QED) is 0.584. The van der Waals surface area contributed by atoms with Crippen molar-refractivity contribution in [2.24, 2.45) is 5.73 Å². The second-order valence-electron chi connectivity index (χ2n) is 5.77. The standard InChI is InChI=1S/C20H17FN4O3/c21-13-3-1-4-15(11-13)24-19-17(5-2-10-23-19)20(27)25-14-6-8-16(9-7-14)28-12-18(22)26/h1-11H,12H2,(H2,22,26)(H,23,24)(H,25,27). The average molecular weight is 380 g/mol. The SMILES string of the molecule is NC(=O)COc1ccc(NC(=O)c2cccnc2Nc2cccc(F)c2)cc1. The molecule has 0 saturated carbocycles. The lowest BCUT2D eigenvalue weighted by atomic mass is 10.2. The summed E-state index contributed by atoms with van der Waals surface area (Å²) in [5, 5.41) is 5.69. The van der Waals surface area contributed by atoms with Gasteiger partial charge in [-0.05, 0) is 54.6 Å². The van der Waals surface area contributed by atoms with Crippen LogP contribution in [0.5, 0.6) is 5.75 Å². The molecule has 0 aliphatic heterocycles. The predicted molar refractivity (Wildman–Crippen MR) is 103 cm³/mol. The molecule has 1 heterocycles. The Labute approximate surface area is 160 Å². The second kappa shape index (κ2) is 8.63. The average Bonchev–Trinajstić information content (AvgIpc) is 2.68. The van der Waals surface area contributed by atoms with Gasteiger partial charge in [0.15, 0.2) is 6.61 Å². The van der Waals surface area contributed by atoms with Crippen LogP contribution < -0.4 is 21.1 Å². The molecule has 2 amide bonds. The van der Waals surface area contributed by atoms with Crippen molar-refractivity contribution in [3.8, 4) is 5.75 Å². The van der Waals surface area contributed by atoms with Crippen LogP contribution in [0.1, 0.15) is 10.4 Å². The van der Waals surface area contributed by atoms with Gasteiger partial charge >= 0.3 is 0 Å². The Kier molecular flexibility index (Phi) is 5.81. The summed E-state index contributed by atoms with van der Waals surface area (Å²) in [4.78, 5) is 27.5. The van der Waals surface area contributed by atoms with Crippen molar-refractivity contribution in [2.45, 2.75) is 0 Å². The highest BCUT2D eigenvalue weighted by atomic mass is 19.1. The maximum absolute atomic E-state index is 13.4. The Balaban J connectivity index is 1.71. The molecule has 0 spiro atoms. The maximum atomic E-state index is 13.4. The Morgan fingerprint density at radius 2 is 1.82 bits per heavy atom. The second-order valence-corrected chi connectivity index (χ2v) is 5.77. The zero-order valence-corrected chi connectivity index (χ0v) is 14.7. The first-order valence-electron chi connectivity index (χ1n) is 8.31. The zero-order valence-electron chi connectivity index (χ0n) is 14.7. The maximum Gasteiger partial charge on any atom is 0.259 e. The molecule has 0 aliphatic carbocycles. The molecule has 0 unspecified atom stereocenters. The van der Waals surface area contributed by atoms with E-state index in [1.165, 1.54) is 18.3 Å². The highest BCUT2D eigenvalue weighted by Gasteiger charge is 2.13. The van der Waals surface area contributed by atoms with E-state index in [2.05, 4.69) is 15.6 Å². The van der Waals surface area contributed by atoms with Crippen LogP contribution in [-0.2, 0) is 4.79 Å². The normalized spacial score (nSPS) is 10.2. The lowest BCUT2D eigenvalue weighted by molar-refractivity contribution is -0.119. The molecule has 8 heteroatoms. The van der Waals surface area contributed by atoms with Gasteiger partial charge in [-0.2, -0.15) is 0 Å². The molecule has 0 aliphatic rings. The number of pyridine rings is 1. The smallest absolute Gasteiger partial charge is 0.259 e. The molecule has 0 atom stereocenters. The number of nitrogens with two attached hydrogens (primary N) is 1. The van der Waals surface area contributed by atoms with Crippen molar-refractivity contribution < 1.29 is 18.7 Å². The van der Waals surface area contributed by atoms with E-state index in [9.17, 15) is 14.0 Å². The lowest BCUT2D eigenvalue weighted by Gasteiger charge is -2.12. The molecule has 2 aromatic carbocycles. The number of nitrogens with zero attached hydrogens (tertiary/aromatic N) is 1. The van der Waals surface area contributed by atoms with Gasteiger partial charge in [-0.15, -0.1) is 0 Å². The van der Waals surface area contributed by atoms with Crippen LogP contribution in [0.3, 0.4) is 0 Å². The van der Waals surface area contributed by atoms with E-state index in [4.69, 9.17) is 10.5 Å². The summed E-state index contributed by atoms with van der Waals surface area (Å²) in [7, 11) is 0. The number of amides is 2. The van der Waals surface area contributed by atoms with Gasteiger partial charge in [0, 0.05) is 17.6 Å². The lowest BCUT2D eigenvalue weighted by Crippen LogP contribution is -2.20. The van der Waals surface area contributed by atoms with E-state index in [-0.39, 0.29) is 6.61 Å². The minimum atomic E-state index is -0.577. The number of hydrogen-bond donors (Lipinski definition) is 3. The molecule has 1 aromatic heterocycles. The van der Waals surface area contributed by atoms with Crippen LogP contribution in [0, 0.1) is 5.82 Å². The van der Waals surface area contributed by atoms with Gasteiger partial charge in [0.2, 0.25) is 0 Å². The Bertz CT molecular complexity index is 993. The summed E-state index contributed by atoms with van der Waals surface area (Å²) >= 11 is 0. The molecule has 0 saturated heterocycles. The number of benzene rings is 2. The highest BCUT2D eigenvalue weighted by molar-refractivity contribution is 6.07. The third-order valence-corrected chi connectivity index (χ3v) is 3.63. The third-order valence-electron chi connectivity index (χ3n) is 3.63. The van der Waals surface area contributed by atoms with E-state index in [1.807, 2.05) is 0 Å². The zero-order chi connectivity index (χ0) is 19.9. The first-order chi connectivity index (χ1) is 13.5. The van der Waals surface area contributed by atoms with E-state index in [1.54, 1.807) is 48.5 Å². The van der Waals surface area contributed by atoms with Crippen molar-refractivity contribution in [3.05, 3.63) is 78.2 Å². The van der Waals surface area contributed by atoms with Crippen LogP contribution in [-0.4, -0.2) is 23.4 Å². The minimum Gasteiger partial charge on any atom is -0.484 e. The van der Waals surface area contributed by atoms with Crippen LogP contribution in [0.2, 0.25) is 0 Å². The molecule has 0 radical (unpaired) electrons. The summed E-state index contributed by atoms with van der Waals surface area (Å²) in [6.07, 6.45) is 1.53. The molecule has 3 rings (SSSR count). The van der Waals surface area contributed by atoms with E-state index in [0.29, 0.717) is 28.5 Å². The molecule has 7 nitrogen and oxygen atoms in total. The predicted octanol–water partition coefficient (Wildman–Crippen LogP) is 3.08. The number of halogens is 1. The van der Waals surface area contributed by atoms with Gasteiger partial charge in [0.05, 0.1) is 5.56 Å². The molecule has 28 heavy (non-hydrogen) atoms. The molecule has 0 bridgehead atoms. The number of hydrogen-bond acceptors (Lipinski definition) is 5. The number of nitrogens with one attached hydrogen (secondary N) is 2. The number of carbonyl (C=O) groups excluding carboxylic acids is 2. The van der Waals surface area contributed by atoms with Gasteiger partial charge in [-0.1, -0.05) is 6.07 Å². The summed E-state index contributed by atoms with van der Waals surface area (Å²) < 4.78 is 18.5. The van der Waals surface area contributed by atoms with Gasteiger partial charge in [0.25, 0.3) is 11.8 Å². The number of ether oxygens (including phenoxy) is 1. The number of primary amides is 1. The largest absolute Gasteiger partial charge is 0.484 e. The van der Waals surface area contributed by atoms with Gasteiger partial charge < -0.3 is 21.1 Å². The van der Waals surface area contributed by atoms with Crippen LogP contribution in [0.4, 0.5) is 21.6 Å². The van der Waals surface area contributed by atoms with Gasteiger partial charge in [0.1, 0.15) is 17.4 Å². The fourth-order valence-electron chi connectivity index (χ4n) is 2.38. The Hall–Kier alpha value is -3.94. The summed E-state index contributed by atoms with van der Waals surface area (Å²) in [5.41, 5.74) is 6.32. The third kappa shape index (κ3) is 5.04. The Morgan fingerprint density at radius 3 is 2.54 bits per heavy atom. The van der Waals surface area contributed by atoms with Crippen molar-refractivity contribution >= 4 is 29.0 Å². The van der Waals surface area contributed by atoms with Crippen LogP contribution in [0.25, 0.3) is 0 Å². The highest BCUT2D eigenvalue weighted by Crippen LogP contribution is 2.21. The van der Waals surface area contributed by atoms with Crippen LogP contribution >= 0.6 is 0 Å². The Morgan fingerprint density at radius 1 is 1.04 bits per heavy atom. The van der Waals surface area contributed by atoms with Crippen molar-refractivity contribution in [2.75, 3.05) is 17.2 Å². The molecular formula is C20H17FN4O3. The molecule has 3 aromatic rings. The monoisotopic (exact) mass is 380 g/mol. The molecular weight excluding hydrogens is 363 g/mol. The van der Waals surface area contributed by atoms with E-state index >= 15 is 0 Å². The first kappa shape index (κ1) is 18.8. The topological polar surface area (TPSA) is 106 Å². The molecule has 142 valence electrons. The van der Waals surface area contributed by atoms with Crippen LogP contribution in [0.15, 0.2) is 66.9 Å². The summed E-state index contributed by atoms with van der Waals surface area (Å²) in [6, 6.07) is 15.6. The van der Waals surface area contributed by atoms with Gasteiger partial charge in [-0.3, -0.25) is 9.59 Å². The minimum absolute atomic E-state index is 0.226. The summed E-state index contributed by atoms with van der Waals surface area (Å²) in [6.45, 7) is -0.226. The number of carbonyl (C=O) groups is 2. The van der Waals surface area contributed by atoms with E-state index < -0.39 is 17.6 Å². The fourth-order valence-corrected chi connectivity index (χ4v) is 2.38. The fraction of sp³-hybridized carbons (Fsp3) is 0.0500. The number of aromatic nitrogens is 1. The molecule has 4 N–H and O–H groups in total. The first-order valence-corrected chi connectivity index (χ1v) is 8.31. The van der Waals surface area contributed by atoms with Crippen molar-refractivity contribution in [3.63, 3.8) is 0 Å². The van der Waals surface area contributed by atoms with Gasteiger partial charge in [-0.25, -0.2) is 9.37 Å². The van der Waals surface area contributed by atoms with Crippen molar-refractivity contribution in [1.82, 2.24) is 4.98 Å². The summed E-state index contributed by atoms with van der Waals surface area (Å²) in [5.74, 6) is -0.616.